The monoisotopic (exact) mass is 323 g/mol. The summed E-state index contributed by atoms with van der Waals surface area (Å²) < 4.78 is 26.2. The number of alkyl halides is 2. The molecule has 0 saturated heterocycles. The summed E-state index contributed by atoms with van der Waals surface area (Å²) in [6.45, 7) is 1.67. The molecule has 0 aliphatic heterocycles. The summed E-state index contributed by atoms with van der Waals surface area (Å²) in [5.74, 6) is 0. The number of allylic oxidation sites excluding steroid dienone is 1. The van der Waals surface area contributed by atoms with Gasteiger partial charge in [-0.1, -0.05) is 17.8 Å². The minimum absolute atomic E-state index is 0.327. The average Bonchev–Trinajstić information content (AvgIpc) is 2.84. The maximum Gasteiger partial charge on any atom is 0.280 e. The van der Waals surface area contributed by atoms with Gasteiger partial charge in [-0.2, -0.15) is 0 Å². The molecule has 3 rings (SSSR count). The summed E-state index contributed by atoms with van der Waals surface area (Å²) in [7, 11) is 0. The quantitative estimate of drug-likeness (QED) is 0.691. The molecular formula is C15H15F2N3OS. The van der Waals surface area contributed by atoms with Crippen molar-refractivity contribution in [3.8, 4) is 0 Å². The first kappa shape index (κ1) is 15.3. The van der Waals surface area contributed by atoms with Crippen LogP contribution in [0.1, 0.15) is 37.6 Å². The van der Waals surface area contributed by atoms with E-state index in [4.69, 9.17) is 0 Å². The molecule has 1 atom stereocenters. The van der Waals surface area contributed by atoms with Crippen molar-refractivity contribution in [2.45, 2.75) is 36.9 Å². The number of hydrogen-bond acceptors (Lipinski definition) is 5. The summed E-state index contributed by atoms with van der Waals surface area (Å²) >= 11 is 1.37. The number of thioether (sulfide) groups is 1. The van der Waals surface area contributed by atoms with E-state index < -0.39 is 12.0 Å². The lowest BCUT2D eigenvalue weighted by Crippen LogP contribution is -2.23. The minimum Gasteiger partial charge on any atom is -0.385 e. The molecule has 2 heterocycles. The minimum atomic E-state index is -2.68. The first-order valence-corrected chi connectivity index (χ1v) is 8.08. The molecule has 2 aromatic heterocycles. The molecule has 1 N–H and O–H groups in total. The van der Waals surface area contributed by atoms with Crippen LogP contribution in [-0.4, -0.2) is 31.9 Å². The summed E-state index contributed by atoms with van der Waals surface area (Å²) in [6.07, 6.45) is 3.76. The summed E-state index contributed by atoms with van der Waals surface area (Å²) in [4.78, 5) is 12.6. The van der Waals surface area contributed by atoms with Crippen LogP contribution in [0.4, 0.5) is 8.78 Å². The van der Waals surface area contributed by atoms with Gasteiger partial charge in [-0.3, -0.25) is 0 Å². The molecule has 1 unspecified atom stereocenters. The topological polar surface area (TPSA) is 58.9 Å². The lowest BCUT2D eigenvalue weighted by molar-refractivity contribution is 0.121. The molecule has 0 amide bonds. The highest BCUT2D eigenvalue weighted by molar-refractivity contribution is 7.98. The first-order valence-electron chi connectivity index (χ1n) is 6.85. The number of halogens is 2. The first-order chi connectivity index (χ1) is 10.4. The van der Waals surface area contributed by atoms with E-state index in [1.54, 1.807) is 6.92 Å². The number of rotatable bonds is 3. The Balaban J connectivity index is 2.29. The van der Waals surface area contributed by atoms with Crippen molar-refractivity contribution in [2.75, 3.05) is 6.26 Å². The van der Waals surface area contributed by atoms with E-state index in [-0.39, 0.29) is 5.69 Å². The Hall–Kier alpha value is -1.60. The van der Waals surface area contributed by atoms with E-state index in [1.807, 2.05) is 12.3 Å². The fourth-order valence-corrected chi connectivity index (χ4v) is 2.99. The average molecular weight is 323 g/mol. The zero-order chi connectivity index (χ0) is 15.9. The fraction of sp³-hybridized carbons (Fsp3) is 0.400. The zero-order valence-electron chi connectivity index (χ0n) is 12.2. The van der Waals surface area contributed by atoms with Crippen LogP contribution in [0.3, 0.4) is 0 Å². The van der Waals surface area contributed by atoms with Gasteiger partial charge in [-0.25, -0.2) is 23.7 Å². The van der Waals surface area contributed by atoms with Gasteiger partial charge in [0.15, 0.2) is 5.16 Å². The second-order valence-electron chi connectivity index (χ2n) is 5.42. The SMILES string of the molecule is CSc1ncc2cc(C(F)F)nc(C3=CCCC3(C)O)c2n1. The molecule has 0 saturated carbocycles. The smallest absolute Gasteiger partial charge is 0.280 e. The van der Waals surface area contributed by atoms with Gasteiger partial charge in [-0.05, 0) is 32.1 Å². The van der Waals surface area contributed by atoms with Crippen LogP contribution in [0, 0.1) is 0 Å². The lowest BCUT2D eigenvalue weighted by Gasteiger charge is -2.22. The predicted octanol–water partition coefficient (Wildman–Crippen LogP) is 3.61. The van der Waals surface area contributed by atoms with E-state index in [1.165, 1.54) is 24.0 Å². The third kappa shape index (κ3) is 2.59. The molecule has 116 valence electrons. The molecule has 0 aromatic carbocycles. The third-order valence-electron chi connectivity index (χ3n) is 3.78. The number of hydrogen-bond donors (Lipinski definition) is 1. The second kappa shape index (κ2) is 5.55. The van der Waals surface area contributed by atoms with Crippen molar-refractivity contribution in [2.24, 2.45) is 0 Å². The van der Waals surface area contributed by atoms with Gasteiger partial charge in [0.2, 0.25) is 0 Å². The van der Waals surface area contributed by atoms with E-state index in [9.17, 15) is 13.9 Å². The molecule has 22 heavy (non-hydrogen) atoms. The van der Waals surface area contributed by atoms with Gasteiger partial charge in [0.05, 0.1) is 11.3 Å². The molecular weight excluding hydrogens is 308 g/mol. The van der Waals surface area contributed by atoms with Crippen molar-refractivity contribution >= 4 is 28.2 Å². The van der Waals surface area contributed by atoms with Crippen LogP contribution in [0.2, 0.25) is 0 Å². The van der Waals surface area contributed by atoms with E-state index in [2.05, 4.69) is 15.0 Å². The Bertz CT molecular complexity index is 762. The zero-order valence-corrected chi connectivity index (χ0v) is 13.0. The highest BCUT2D eigenvalue weighted by Crippen LogP contribution is 2.39. The Morgan fingerprint density at radius 3 is 2.73 bits per heavy atom. The van der Waals surface area contributed by atoms with Crippen molar-refractivity contribution in [3.63, 3.8) is 0 Å². The summed E-state index contributed by atoms with van der Waals surface area (Å²) in [5.41, 5.74) is -0.0203. The lowest BCUT2D eigenvalue weighted by atomic mass is 9.94. The number of pyridine rings is 1. The van der Waals surface area contributed by atoms with E-state index in [0.29, 0.717) is 40.2 Å². The van der Waals surface area contributed by atoms with Crippen LogP contribution in [-0.2, 0) is 0 Å². The second-order valence-corrected chi connectivity index (χ2v) is 6.19. The highest BCUT2D eigenvalue weighted by atomic mass is 32.2. The predicted molar refractivity (Wildman–Crippen MR) is 81.9 cm³/mol. The van der Waals surface area contributed by atoms with Crippen molar-refractivity contribution in [3.05, 3.63) is 29.7 Å². The van der Waals surface area contributed by atoms with Gasteiger partial charge in [0.1, 0.15) is 11.2 Å². The van der Waals surface area contributed by atoms with Crippen molar-refractivity contribution < 1.29 is 13.9 Å². The number of aliphatic hydroxyl groups is 1. The fourth-order valence-electron chi connectivity index (χ4n) is 2.65. The highest BCUT2D eigenvalue weighted by Gasteiger charge is 2.33. The molecule has 2 aromatic rings. The van der Waals surface area contributed by atoms with Gasteiger partial charge < -0.3 is 5.11 Å². The van der Waals surface area contributed by atoms with Crippen LogP contribution < -0.4 is 0 Å². The van der Waals surface area contributed by atoms with Crippen LogP contribution in [0.15, 0.2) is 23.5 Å². The Labute approximate surface area is 130 Å². The van der Waals surface area contributed by atoms with Crippen LogP contribution in [0.5, 0.6) is 0 Å². The Morgan fingerprint density at radius 1 is 1.36 bits per heavy atom. The Morgan fingerprint density at radius 2 is 2.14 bits per heavy atom. The molecule has 0 spiro atoms. The normalized spacial score (nSPS) is 21.6. The number of nitrogens with zero attached hydrogens (tertiary/aromatic N) is 3. The van der Waals surface area contributed by atoms with E-state index in [0.717, 1.165) is 0 Å². The Kier molecular flexibility index (Phi) is 3.86. The maximum atomic E-state index is 13.1. The molecule has 4 nitrogen and oxygen atoms in total. The van der Waals surface area contributed by atoms with Gasteiger partial charge in [0, 0.05) is 17.2 Å². The van der Waals surface area contributed by atoms with Crippen molar-refractivity contribution in [1.82, 2.24) is 15.0 Å². The number of fused-ring (bicyclic) bond motifs is 1. The van der Waals surface area contributed by atoms with Crippen molar-refractivity contribution in [1.29, 1.82) is 0 Å². The molecule has 1 aliphatic rings. The summed E-state index contributed by atoms with van der Waals surface area (Å²) in [6, 6.07) is 1.30. The molecule has 0 fully saturated rings. The standard InChI is InChI=1S/C15H15F2N3OS/c1-15(21)5-3-4-9(15)12-11-8(6-10(19-12)13(16)17)7-18-14(20-11)22-2/h4,6-7,13,21H,3,5H2,1-2H3. The van der Waals surface area contributed by atoms with Gasteiger partial charge in [-0.15, -0.1) is 0 Å². The van der Waals surface area contributed by atoms with Crippen LogP contribution in [0.25, 0.3) is 16.5 Å². The maximum absolute atomic E-state index is 13.1. The number of aromatic nitrogens is 3. The summed E-state index contributed by atoms with van der Waals surface area (Å²) in [5, 5.41) is 11.5. The largest absolute Gasteiger partial charge is 0.385 e. The van der Waals surface area contributed by atoms with Crippen LogP contribution >= 0.6 is 11.8 Å². The molecule has 0 radical (unpaired) electrons. The molecule has 7 heteroatoms. The van der Waals surface area contributed by atoms with E-state index >= 15 is 0 Å². The van der Waals surface area contributed by atoms with Gasteiger partial charge in [0.25, 0.3) is 6.43 Å². The van der Waals surface area contributed by atoms with Gasteiger partial charge >= 0.3 is 0 Å². The molecule has 0 bridgehead atoms. The molecule has 1 aliphatic carbocycles. The third-order valence-corrected chi connectivity index (χ3v) is 4.35.